The molecule has 0 rings (SSSR count). The molecule has 0 saturated carbocycles. The predicted octanol–water partition coefficient (Wildman–Crippen LogP) is 2.19. The molecule has 2 nitrogen and oxygen atoms in total. The first-order valence-electron chi connectivity index (χ1n) is 4.67. The summed E-state index contributed by atoms with van der Waals surface area (Å²) in [6.45, 7) is 10.7. The average Bonchev–Trinajstić information content (AvgIpc) is 1.80. The summed E-state index contributed by atoms with van der Waals surface area (Å²) < 4.78 is 0. The van der Waals surface area contributed by atoms with Crippen molar-refractivity contribution >= 4 is 15.1 Å². The Labute approximate surface area is 84.1 Å². The van der Waals surface area contributed by atoms with Crippen LogP contribution in [0.1, 0.15) is 41.0 Å². The maximum absolute atomic E-state index is 11.2. The van der Waals surface area contributed by atoms with E-state index in [4.69, 9.17) is 0 Å². The molecule has 1 atom stereocenters. The van der Waals surface area contributed by atoms with Crippen LogP contribution in [-0.4, -0.2) is 17.6 Å². The molecule has 0 aliphatic carbocycles. The molecule has 0 aromatic carbocycles. The first kappa shape index (κ1) is 12.9. The third-order valence-corrected chi connectivity index (χ3v) is 2.01. The number of hydrogen-bond acceptors (Lipinski definition) is 1. The molecule has 0 aromatic heterocycles. The van der Waals surface area contributed by atoms with Crippen LogP contribution in [0.4, 0.5) is 0 Å². The van der Waals surface area contributed by atoms with Crippen molar-refractivity contribution < 1.29 is 4.79 Å². The van der Waals surface area contributed by atoms with E-state index < -0.39 is 0 Å². The number of hydrogen-bond donors (Lipinski definition) is 1. The van der Waals surface area contributed by atoms with Gasteiger partial charge in [-0.3, -0.25) is 4.79 Å². The van der Waals surface area contributed by atoms with E-state index in [-0.39, 0.29) is 16.9 Å². The highest BCUT2D eigenvalue weighted by molar-refractivity contribution is 7.18. The highest BCUT2D eigenvalue weighted by Gasteiger charge is 2.26. The zero-order chi connectivity index (χ0) is 10.7. The van der Waals surface area contributed by atoms with Gasteiger partial charge in [-0.2, -0.15) is 0 Å². The maximum atomic E-state index is 11.2. The molecule has 1 unspecified atom stereocenters. The van der Waals surface area contributed by atoms with E-state index in [0.717, 1.165) is 6.42 Å². The second-order valence-corrected chi connectivity index (χ2v) is 5.78. The summed E-state index contributed by atoms with van der Waals surface area (Å²) >= 11 is 0. The fourth-order valence-corrected chi connectivity index (χ4v) is 1.90. The van der Waals surface area contributed by atoms with Crippen molar-refractivity contribution in [3.63, 3.8) is 0 Å². The third kappa shape index (κ3) is 7.01. The van der Waals surface area contributed by atoms with Crippen molar-refractivity contribution in [1.29, 1.82) is 0 Å². The Kier molecular flexibility index (Phi) is 4.38. The van der Waals surface area contributed by atoms with Gasteiger partial charge in [-0.25, -0.2) is 0 Å². The zero-order valence-electron chi connectivity index (χ0n) is 9.40. The van der Waals surface area contributed by atoms with Crippen molar-refractivity contribution in [2.45, 2.75) is 46.6 Å². The van der Waals surface area contributed by atoms with Gasteiger partial charge >= 0.3 is 0 Å². The number of rotatable bonds is 3. The standard InChI is InChI=1S/C10H22NOP/c1-9(2,3)7-10(4,5)11-8(12)6-13/h6-7,13H2,1-5H3,(H,11,12). The van der Waals surface area contributed by atoms with Crippen LogP contribution in [0.15, 0.2) is 0 Å². The molecule has 0 radical (unpaired) electrons. The number of nitrogens with one attached hydrogen (secondary N) is 1. The van der Waals surface area contributed by atoms with E-state index in [2.05, 4.69) is 49.2 Å². The molecule has 0 aliphatic heterocycles. The zero-order valence-corrected chi connectivity index (χ0v) is 10.6. The average molecular weight is 203 g/mol. The van der Waals surface area contributed by atoms with Gasteiger partial charge < -0.3 is 5.32 Å². The SMILES string of the molecule is CC(C)(C)CC(C)(C)NC(=O)CP. The van der Waals surface area contributed by atoms with Crippen molar-refractivity contribution in [1.82, 2.24) is 5.32 Å². The van der Waals surface area contributed by atoms with Gasteiger partial charge in [-0.1, -0.05) is 20.8 Å². The van der Waals surface area contributed by atoms with Crippen LogP contribution >= 0.6 is 9.24 Å². The van der Waals surface area contributed by atoms with Gasteiger partial charge in [-0.15, -0.1) is 9.24 Å². The molecule has 0 aromatic rings. The molecule has 0 fully saturated rings. The molecule has 0 saturated heterocycles. The summed E-state index contributed by atoms with van der Waals surface area (Å²) in [4.78, 5) is 11.2. The Morgan fingerprint density at radius 1 is 1.23 bits per heavy atom. The molecule has 1 N–H and O–H groups in total. The second-order valence-electron chi connectivity index (χ2n) is 5.37. The van der Waals surface area contributed by atoms with E-state index >= 15 is 0 Å². The van der Waals surface area contributed by atoms with Crippen molar-refractivity contribution in [2.75, 3.05) is 6.16 Å². The Morgan fingerprint density at radius 2 is 1.69 bits per heavy atom. The van der Waals surface area contributed by atoms with Gasteiger partial charge in [0, 0.05) is 11.7 Å². The van der Waals surface area contributed by atoms with Crippen LogP contribution < -0.4 is 5.32 Å². The van der Waals surface area contributed by atoms with Gasteiger partial charge in [0.25, 0.3) is 0 Å². The van der Waals surface area contributed by atoms with Crippen LogP contribution in [0.2, 0.25) is 0 Å². The summed E-state index contributed by atoms with van der Waals surface area (Å²) in [6, 6.07) is 0. The largest absolute Gasteiger partial charge is 0.351 e. The highest BCUT2D eigenvalue weighted by Crippen LogP contribution is 2.26. The van der Waals surface area contributed by atoms with Crippen molar-refractivity contribution in [3.05, 3.63) is 0 Å². The molecule has 3 heteroatoms. The molecule has 1 amide bonds. The van der Waals surface area contributed by atoms with Gasteiger partial charge in [0.2, 0.25) is 5.91 Å². The van der Waals surface area contributed by atoms with Gasteiger partial charge in [0.1, 0.15) is 0 Å². The summed E-state index contributed by atoms with van der Waals surface area (Å²) in [7, 11) is 2.44. The van der Waals surface area contributed by atoms with E-state index in [1.807, 2.05) is 0 Å². The second kappa shape index (κ2) is 4.41. The number of amides is 1. The molecule has 78 valence electrons. The van der Waals surface area contributed by atoms with Crippen molar-refractivity contribution in [3.8, 4) is 0 Å². The van der Waals surface area contributed by atoms with Crippen LogP contribution in [0.3, 0.4) is 0 Å². The summed E-state index contributed by atoms with van der Waals surface area (Å²) in [6.07, 6.45) is 1.46. The monoisotopic (exact) mass is 203 g/mol. The minimum Gasteiger partial charge on any atom is -0.351 e. The lowest BCUT2D eigenvalue weighted by molar-refractivity contribution is -0.120. The molecule has 0 bridgehead atoms. The van der Waals surface area contributed by atoms with Crippen molar-refractivity contribution in [2.24, 2.45) is 5.41 Å². The summed E-state index contributed by atoms with van der Waals surface area (Å²) in [5, 5.41) is 3.00. The molecule has 0 aliphatic rings. The molecule has 0 spiro atoms. The first-order chi connectivity index (χ1) is 5.66. The minimum atomic E-state index is -0.105. The Balaban J connectivity index is 4.16. The van der Waals surface area contributed by atoms with E-state index in [0.29, 0.717) is 6.16 Å². The highest BCUT2D eigenvalue weighted by atomic mass is 31.0. The topological polar surface area (TPSA) is 29.1 Å². The van der Waals surface area contributed by atoms with Crippen LogP contribution in [-0.2, 0) is 4.79 Å². The lowest BCUT2D eigenvalue weighted by Crippen LogP contribution is -2.46. The first-order valence-corrected chi connectivity index (χ1v) is 5.49. The van der Waals surface area contributed by atoms with E-state index in [1.54, 1.807) is 0 Å². The molecule has 13 heavy (non-hydrogen) atoms. The van der Waals surface area contributed by atoms with E-state index in [1.165, 1.54) is 0 Å². The fraction of sp³-hybridized carbons (Fsp3) is 0.900. The Hall–Kier alpha value is -0.100. The van der Waals surface area contributed by atoms with Crippen LogP contribution in [0.5, 0.6) is 0 Å². The quantitative estimate of drug-likeness (QED) is 0.700. The lowest BCUT2D eigenvalue weighted by atomic mass is 9.82. The van der Waals surface area contributed by atoms with Gasteiger partial charge in [-0.05, 0) is 25.7 Å². The van der Waals surface area contributed by atoms with E-state index in [9.17, 15) is 4.79 Å². The van der Waals surface area contributed by atoms with Crippen LogP contribution in [0, 0.1) is 5.41 Å². The maximum Gasteiger partial charge on any atom is 0.224 e. The number of carbonyl (C=O) groups is 1. The molecule has 0 heterocycles. The smallest absolute Gasteiger partial charge is 0.224 e. The summed E-state index contributed by atoms with van der Waals surface area (Å²) in [5.74, 6) is 0.0965. The van der Waals surface area contributed by atoms with Gasteiger partial charge in [0.05, 0.1) is 0 Å². The predicted molar refractivity (Wildman–Crippen MR) is 60.9 cm³/mol. The fourth-order valence-electron chi connectivity index (χ4n) is 1.80. The number of carbonyl (C=O) groups excluding carboxylic acids is 1. The Bertz CT molecular complexity index is 182. The normalized spacial score (nSPS) is 12.8. The third-order valence-electron chi connectivity index (χ3n) is 1.64. The Morgan fingerprint density at radius 3 is 2.00 bits per heavy atom. The molecular formula is C10H22NOP. The minimum absolute atomic E-state index is 0.0965. The summed E-state index contributed by atoms with van der Waals surface area (Å²) in [5.41, 5.74) is 0.142. The van der Waals surface area contributed by atoms with Gasteiger partial charge in [0.15, 0.2) is 0 Å². The molecular weight excluding hydrogens is 181 g/mol. The lowest BCUT2D eigenvalue weighted by Gasteiger charge is -2.33. The van der Waals surface area contributed by atoms with Crippen LogP contribution in [0.25, 0.3) is 0 Å².